The lowest BCUT2D eigenvalue weighted by atomic mass is 10.2. The number of ether oxygens (including phenoxy) is 1. The smallest absolute Gasteiger partial charge is 0.272 e. The van der Waals surface area contributed by atoms with E-state index in [1.807, 2.05) is 23.1 Å². The lowest BCUT2D eigenvalue weighted by molar-refractivity contribution is 0.0398. The van der Waals surface area contributed by atoms with Gasteiger partial charge in [-0.25, -0.2) is 9.97 Å². The zero-order chi connectivity index (χ0) is 19.9. The van der Waals surface area contributed by atoms with Crippen LogP contribution in [0.2, 0.25) is 0 Å². The van der Waals surface area contributed by atoms with Crippen LogP contribution in [0.15, 0.2) is 42.6 Å². The summed E-state index contributed by atoms with van der Waals surface area (Å²) in [5, 5.41) is 3.24. The van der Waals surface area contributed by atoms with Crippen molar-refractivity contribution in [2.75, 3.05) is 75.8 Å². The van der Waals surface area contributed by atoms with Crippen LogP contribution in [0.5, 0.6) is 0 Å². The molecule has 2 saturated heterocycles. The van der Waals surface area contributed by atoms with E-state index in [9.17, 15) is 4.79 Å². The van der Waals surface area contributed by atoms with Crippen LogP contribution in [-0.2, 0) is 4.74 Å². The Hall–Kier alpha value is -2.71. The Balaban J connectivity index is 1.28. The van der Waals surface area contributed by atoms with Crippen LogP contribution >= 0.6 is 0 Å². The molecule has 8 nitrogen and oxygen atoms in total. The molecule has 2 aliphatic rings. The molecule has 8 heteroatoms. The number of carbonyl (C=O) groups is 1. The first-order chi connectivity index (χ1) is 14.3. The Kier molecular flexibility index (Phi) is 6.53. The summed E-state index contributed by atoms with van der Waals surface area (Å²) in [5.74, 6) is 0.475. The minimum atomic E-state index is -0.0312. The lowest BCUT2D eigenvalue weighted by Gasteiger charge is -2.36. The quantitative estimate of drug-likeness (QED) is 0.786. The second-order valence-electron chi connectivity index (χ2n) is 7.26. The van der Waals surface area contributed by atoms with E-state index < -0.39 is 0 Å². The fourth-order valence-electron chi connectivity index (χ4n) is 3.68. The number of rotatable bonds is 6. The van der Waals surface area contributed by atoms with Gasteiger partial charge in [0.15, 0.2) is 0 Å². The van der Waals surface area contributed by atoms with Gasteiger partial charge in [0.1, 0.15) is 5.69 Å². The number of nitrogens with zero attached hydrogens (tertiary/aromatic N) is 5. The van der Waals surface area contributed by atoms with Crippen LogP contribution in [0.25, 0.3) is 0 Å². The van der Waals surface area contributed by atoms with Crippen molar-refractivity contribution in [3.05, 3.63) is 48.3 Å². The van der Waals surface area contributed by atoms with Gasteiger partial charge in [-0.3, -0.25) is 9.69 Å². The molecule has 2 aliphatic heterocycles. The van der Waals surface area contributed by atoms with Crippen molar-refractivity contribution in [2.24, 2.45) is 0 Å². The van der Waals surface area contributed by atoms with Crippen molar-refractivity contribution in [3.63, 3.8) is 0 Å². The molecule has 3 heterocycles. The number of aromatic nitrogens is 2. The van der Waals surface area contributed by atoms with Gasteiger partial charge in [0.2, 0.25) is 5.95 Å². The Morgan fingerprint density at radius 2 is 1.76 bits per heavy atom. The van der Waals surface area contributed by atoms with Crippen LogP contribution in [0.1, 0.15) is 10.5 Å². The molecular formula is C21H28N6O2. The topological polar surface area (TPSA) is 73.8 Å². The average molecular weight is 396 g/mol. The van der Waals surface area contributed by atoms with Gasteiger partial charge < -0.3 is 19.9 Å². The summed E-state index contributed by atoms with van der Waals surface area (Å²) in [6.07, 6.45) is 1.65. The van der Waals surface area contributed by atoms with Gasteiger partial charge in [-0.05, 0) is 18.2 Å². The molecule has 2 aromatic rings. The van der Waals surface area contributed by atoms with E-state index in [1.165, 1.54) is 5.69 Å². The summed E-state index contributed by atoms with van der Waals surface area (Å²) < 4.78 is 5.36. The third-order valence-corrected chi connectivity index (χ3v) is 5.38. The SMILES string of the molecule is O=C(c1ccnc(NCCN2CCOCC2)n1)N1CCN(c2ccccc2)CC1. The highest BCUT2D eigenvalue weighted by Gasteiger charge is 2.23. The predicted molar refractivity (Wildman–Crippen MR) is 112 cm³/mol. The number of hydrogen-bond donors (Lipinski definition) is 1. The monoisotopic (exact) mass is 396 g/mol. The number of piperazine rings is 1. The van der Waals surface area contributed by atoms with Crippen LogP contribution in [0, 0.1) is 0 Å². The summed E-state index contributed by atoms with van der Waals surface area (Å²) in [6.45, 7) is 8.17. The molecular weight excluding hydrogens is 368 g/mol. The van der Waals surface area contributed by atoms with E-state index in [2.05, 4.69) is 37.2 Å². The molecule has 1 aromatic heterocycles. The van der Waals surface area contributed by atoms with Crippen molar-refractivity contribution in [2.45, 2.75) is 0 Å². The first-order valence-corrected chi connectivity index (χ1v) is 10.3. The molecule has 29 heavy (non-hydrogen) atoms. The largest absolute Gasteiger partial charge is 0.379 e. The minimum Gasteiger partial charge on any atom is -0.379 e. The van der Waals surface area contributed by atoms with Crippen LogP contribution < -0.4 is 10.2 Å². The van der Waals surface area contributed by atoms with Gasteiger partial charge >= 0.3 is 0 Å². The molecule has 1 aromatic carbocycles. The molecule has 2 fully saturated rings. The molecule has 0 atom stereocenters. The fraction of sp³-hybridized carbons (Fsp3) is 0.476. The first-order valence-electron chi connectivity index (χ1n) is 10.3. The highest BCUT2D eigenvalue weighted by atomic mass is 16.5. The van der Waals surface area contributed by atoms with Crippen LogP contribution in [-0.4, -0.2) is 91.2 Å². The molecule has 0 unspecified atom stereocenters. The molecule has 0 radical (unpaired) electrons. The minimum absolute atomic E-state index is 0.0312. The third kappa shape index (κ3) is 5.21. The summed E-state index contributed by atoms with van der Waals surface area (Å²) in [6, 6.07) is 12.0. The van der Waals surface area contributed by atoms with E-state index >= 15 is 0 Å². The maximum Gasteiger partial charge on any atom is 0.272 e. The molecule has 154 valence electrons. The lowest BCUT2D eigenvalue weighted by Crippen LogP contribution is -2.49. The van der Waals surface area contributed by atoms with Gasteiger partial charge in [0, 0.05) is 64.2 Å². The average Bonchev–Trinajstić information content (AvgIpc) is 2.80. The van der Waals surface area contributed by atoms with Crippen molar-refractivity contribution in [3.8, 4) is 0 Å². The van der Waals surface area contributed by atoms with Gasteiger partial charge in [0.05, 0.1) is 13.2 Å². The summed E-state index contributed by atoms with van der Waals surface area (Å²) in [5.41, 5.74) is 1.65. The van der Waals surface area contributed by atoms with Crippen molar-refractivity contribution in [1.29, 1.82) is 0 Å². The zero-order valence-corrected chi connectivity index (χ0v) is 16.7. The van der Waals surface area contributed by atoms with Crippen molar-refractivity contribution < 1.29 is 9.53 Å². The van der Waals surface area contributed by atoms with Gasteiger partial charge in [-0.1, -0.05) is 18.2 Å². The Morgan fingerprint density at radius 1 is 1.00 bits per heavy atom. The fourth-order valence-corrected chi connectivity index (χ4v) is 3.68. The number of morpholine rings is 1. The number of nitrogens with one attached hydrogen (secondary N) is 1. The van der Waals surface area contributed by atoms with E-state index in [1.54, 1.807) is 12.3 Å². The molecule has 0 spiro atoms. The van der Waals surface area contributed by atoms with E-state index in [-0.39, 0.29) is 5.91 Å². The van der Waals surface area contributed by atoms with E-state index in [0.717, 1.165) is 52.5 Å². The van der Waals surface area contributed by atoms with Crippen LogP contribution in [0.4, 0.5) is 11.6 Å². The predicted octanol–water partition coefficient (Wildman–Crippen LogP) is 1.18. The van der Waals surface area contributed by atoms with Crippen molar-refractivity contribution in [1.82, 2.24) is 19.8 Å². The molecule has 0 bridgehead atoms. The van der Waals surface area contributed by atoms with E-state index in [0.29, 0.717) is 24.7 Å². The zero-order valence-electron chi connectivity index (χ0n) is 16.7. The molecule has 4 rings (SSSR count). The number of anilines is 2. The maximum atomic E-state index is 12.9. The molecule has 1 amide bonds. The normalized spacial score (nSPS) is 17.9. The second kappa shape index (κ2) is 9.67. The number of hydrogen-bond acceptors (Lipinski definition) is 7. The Bertz CT molecular complexity index is 789. The second-order valence-corrected chi connectivity index (χ2v) is 7.26. The third-order valence-electron chi connectivity index (χ3n) is 5.38. The number of carbonyl (C=O) groups excluding carboxylic acids is 1. The Labute approximate surface area is 171 Å². The van der Waals surface area contributed by atoms with Gasteiger partial charge in [0.25, 0.3) is 5.91 Å². The maximum absolute atomic E-state index is 12.9. The first kappa shape index (κ1) is 19.6. The molecule has 0 saturated carbocycles. The van der Waals surface area contributed by atoms with E-state index in [4.69, 9.17) is 4.74 Å². The Morgan fingerprint density at radius 3 is 2.52 bits per heavy atom. The van der Waals surface area contributed by atoms with Gasteiger partial charge in [-0.2, -0.15) is 0 Å². The van der Waals surface area contributed by atoms with Crippen LogP contribution in [0.3, 0.4) is 0 Å². The standard InChI is InChI=1S/C21H28N6O2/c28-20(27-12-10-26(11-13-27)18-4-2-1-3-5-18)19-6-7-22-21(24-19)23-8-9-25-14-16-29-17-15-25/h1-7H,8-17H2,(H,22,23,24). The van der Waals surface area contributed by atoms with Gasteiger partial charge in [-0.15, -0.1) is 0 Å². The number of amides is 1. The molecule has 0 aliphatic carbocycles. The highest BCUT2D eigenvalue weighted by Crippen LogP contribution is 2.16. The summed E-state index contributed by atoms with van der Waals surface area (Å²) >= 11 is 0. The van der Waals surface area contributed by atoms with Crippen molar-refractivity contribution >= 4 is 17.5 Å². The number of para-hydroxylation sites is 1. The summed E-state index contributed by atoms with van der Waals surface area (Å²) in [4.78, 5) is 28.1. The highest BCUT2D eigenvalue weighted by molar-refractivity contribution is 5.92. The number of benzene rings is 1. The molecule has 1 N–H and O–H groups in total. The summed E-state index contributed by atoms with van der Waals surface area (Å²) in [7, 11) is 0.